The lowest BCUT2D eigenvalue weighted by Gasteiger charge is -2.07. The molecule has 0 aromatic carbocycles. The molecule has 1 aromatic heterocycles. The molecule has 0 spiro atoms. The highest BCUT2D eigenvalue weighted by Crippen LogP contribution is 2.27. The van der Waals surface area contributed by atoms with Crippen LogP contribution in [0.15, 0.2) is 18.3 Å². The molecule has 1 N–H and O–H groups in total. The first-order valence-electron chi connectivity index (χ1n) is 4.10. The molecule has 0 fully saturated rings. The van der Waals surface area contributed by atoms with Crippen LogP contribution in [0.3, 0.4) is 0 Å². The predicted molar refractivity (Wildman–Crippen MR) is 44.6 cm³/mol. The lowest BCUT2D eigenvalue weighted by atomic mass is 10.1. The van der Waals surface area contributed by atoms with E-state index >= 15 is 0 Å². The molecule has 1 atom stereocenters. The highest BCUT2D eigenvalue weighted by molar-refractivity contribution is 5.16. The Kier molecular flexibility index (Phi) is 3.10. The Hall–Kier alpha value is -1.10. The van der Waals surface area contributed by atoms with Crippen molar-refractivity contribution in [3.8, 4) is 0 Å². The largest absolute Gasteiger partial charge is 0.433 e. The number of alkyl halides is 3. The minimum absolute atomic E-state index is 0.311. The van der Waals surface area contributed by atoms with Crippen LogP contribution < -0.4 is 0 Å². The minimum atomic E-state index is -4.40. The molecular weight excluding hydrogens is 195 g/mol. The zero-order valence-corrected chi connectivity index (χ0v) is 7.54. The summed E-state index contributed by atoms with van der Waals surface area (Å²) in [6.45, 7) is 1.57. The first-order valence-corrected chi connectivity index (χ1v) is 4.10. The van der Waals surface area contributed by atoms with Crippen molar-refractivity contribution in [1.29, 1.82) is 0 Å². The molecule has 0 saturated carbocycles. The van der Waals surface area contributed by atoms with Crippen molar-refractivity contribution in [2.24, 2.45) is 0 Å². The third-order valence-corrected chi connectivity index (χ3v) is 1.65. The smallest absolute Gasteiger partial charge is 0.393 e. The lowest BCUT2D eigenvalue weighted by Crippen LogP contribution is -2.09. The monoisotopic (exact) mass is 205 g/mol. The Labute approximate surface area is 79.4 Å². The zero-order valence-electron chi connectivity index (χ0n) is 7.54. The number of hydrogen-bond donors (Lipinski definition) is 1. The summed E-state index contributed by atoms with van der Waals surface area (Å²) in [5, 5.41) is 8.98. The predicted octanol–water partition coefficient (Wildman–Crippen LogP) is 2.02. The second-order valence-corrected chi connectivity index (χ2v) is 3.10. The number of rotatable bonds is 2. The molecule has 1 rings (SSSR count). The molecule has 0 radical (unpaired) electrons. The lowest BCUT2D eigenvalue weighted by molar-refractivity contribution is -0.141. The van der Waals surface area contributed by atoms with Gasteiger partial charge in [-0.05, 0) is 25.0 Å². The van der Waals surface area contributed by atoms with Crippen LogP contribution in [0.2, 0.25) is 0 Å². The molecule has 0 amide bonds. The van der Waals surface area contributed by atoms with Gasteiger partial charge >= 0.3 is 6.18 Å². The summed E-state index contributed by atoms with van der Waals surface area (Å²) in [4.78, 5) is 3.27. The Morgan fingerprint density at radius 2 is 2.07 bits per heavy atom. The molecule has 78 valence electrons. The average molecular weight is 205 g/mol. The summed E-state index contributed by atoms with van der Waals surface area (Å²) in [6.07, 6.45) is -3.53. The molecule has 14 heavy (non-hydrogen) atoms. The van der Waals surface area contributed by atoms with Crippen molar-refractivity contribution in [3.05, 3.63) is 29.6 Å². The van der Waals surface area contributed by atoms with E-state index in [1.165, 1.54) is 6.07 Å². The van der Waals surface area contributed by atoms with Crippen LogP contribution >= 0.6 is 0 Å². The van der Waals surface area contributed by atoms with Crippen molar-refractivity contribution in [2.45, 2.75) is 25.6 Å². The fourth-order valence-corrected chi connectivity index (χ4v) is 1.05. The molecule has 2 nitrogen and oxygen atoms in total. The van der Waals surface area contributed by atoms with Gasteiger partial charge in [0.05, 0.1) is 6.10 Å². The van der Waals surface area contributed by atoms with Crippen LogP contribution in [0.25, 0.3) is 0 Å². The van der Waals surface area contributed by atoms with E-state index in [9.17, 15) is 13.2 Å². The van der Waals surface area contributed by atoms with Gasteiger partial charge in [0, 0.05) is 6.20 Å². The van der Waals surface area contributed by atoms with Gasteiger partial charge in [0.2, 0.25) is 0 Å². The van der Waals surface area contributed by atoms with Crippen molar-refractivity contribution in [3.63, 3.8) is 0 Å². The van der Waals surface area contributed by atoms with Gasteiger partial charge in [-0.3, -0.25) is 4.98 Å². The first-order chi connectivity index (χ1) is 6.39. The maximum atomic E-state index is 12.1. The number of halogens is 3. The Bertz CT molecular complexity index is 292. The number of pyridine rings is 1. The van der Waals surface area contributed by atoms with E-state index in [-0.39, 0.29) is 0 Å². The van der Waals surface area contributed by atoms with Crippen molar-refractivity contribution < 1.29 is 18.3 Å². The summed E-state index contributed by atoms with van der Waals surface area (Å²) in [6, 6.07) is 2.24. The van der Waals surface area contributed by atoms with Gasteiger partial charge in [-0.15, -0.1) is 0 Å². The van der Waals surface area contributed by atoms with Crippen LogP contribution in [0.1, 0.15) is 18.2 Å². The number of nitrogens with zero attached hydrogens (tertiary/aromatic N) is 1. The van der Waals surface area contributed by atoms with Gasteiger partial charge in [-0.1, -0.05) is 6.07 Å². The second kappa shape index (κ2) is 3.96. The number of aliphatic hydroxyl groups excluding tert-OH is 1. The third kappa shape index (κ3) is 2.99. The van der Waals surface area contributed by atoms with E-state index < -0.39 is 18.0 Å². The van der Waals surface area contributed by atoms with Gasteiger partial charge in [0.1, 0.15) is 5.69 Å². The Balaban J connectivity index is 2.79. The van der Waals surface area contributed by atoms with E-state index in [2.05, 4.69) is 4.98 Å². The fourth-order valence-electron chi connectivity index (χ4n) is 1.05. The normalized spacial score (nSPS) is 14.1. The molecule has 1 aromatic rings. The molecular formula is C9H10F3NO. The number of hydrogen-bond acceptors (Lipinski definition) is 2. The van der Waals surface area contributed by atoms with Crippen LogP contribution in [-0.2, 0) is 12.6 Å². The maximum absolute atomic E-state index is 12.1. The molecule has 0 unspecified atom stereocenters. The molecule has 5 heteroatoms. The summed E-state index contributed by atoms with van der Waals surface area (Å²) in [5.74, 6) is 0. The second-order valence-electron chi connectivity index (χ2n) is 3.10. The summed E-state index contributed by atoms with van der Waals surface area (Å²) < 4.78 is 36.2. The topological polar surface area (TPSA) is 33.1 Å². The zero-order chi connectivity index (χ0) is 10.8. The van der Waals surface area contributed by atoms with Gasteiger partial charge in [0.25, 0.3) is 0 Å². The van der Waals surface area contributed by atoms with Crippen molar-refractivity contribution >= 4 is 0 Å². The fraction of sp³-hybridized carbons (Fsp3) is 0.444. The maximum Gasteiger partial charge on any atom is 0.433 e. The standard InChI is InChI=1S/C9H10F3NO/c1-6(14)4-7-2-3-8(13-5-7)9(10,11)12/h2-3,5-6,14H,4H2,1H3/t6-/m1/s1. The van der Waals surface area contributed by atoms with E-state index in [0.29, 0.717) is 12.0 Å². The highest BCUT2D eigenvalue weighted by Gasteiger charge is 2.31. The van der Waals surface area contributed by atoms with Gasteiger partial charge in [0.15, 0.2) is 0 Å². The van der Waals surface area contributed by atoms with Gasteiger partial charge in [-0.2, -0.15) is 13.2 Å². The minimum Gasteiger partial charge on any atom is -0.393 e. The number of aliphatic hydroxyl groups is 1. The average Bonchev–Trinajstić information content (AvgIpc) is 2.02. The summed E-state index contributed by atoms with van der Waals surface area (Å²) >= 11 is 0. The summed E-state index contributed by atoms with van der Waals surface area (Å²) in [7, 11) is 0. The SMILES string of the molecule is C[C@@H](O)Cc1ccc(C(F)(F)F)nc1. The molecule has 0 bridgehead atoms. The highest BCUT2D eigenvalue weighted by atomic mass is 19.4. The van der Waals surface area contributed by atoms with Gasteiger partial charge < -0.3 is 5.11 Å². The number of aromatic nitrogens is 1. The van der Waals surface area contributed by atoms with Crippen molar-refractivity contribution in [1.82, 2.24) is 4.98 Å². The van der Waals surface area contributed by atoms with Crippen LogP contribution in [0.5, 0.6) is 0 Å². The summed E-state index contributed by atoms with van der Waals surface area (Å²) in [5.41, 5.74) is -0.320. The van der Waals surface area contributed by atoms with E-state index in [1.807, 2.05) is 0 Å². The molecule has 0 saturated heterocycles. The van der Waals surface area contributed by atoms with E-state index in [1.54, 1.807) is 6.92 Å². The van der Waals surface area contributed by atoms with Crippen LogP contribution in [0, 0.1) is 0 Å². The van der Waals surface area contributed by atoms with Crippen molar-refractivity contribution in [2.75, 3.05) is 0 Å². The third-order valence-electron chi connectivity index (χ3n) is 1.65. The van der Waals surface area contributed by atoms with E-state index in [0.717, 1.165) is 12.3 Å². The van der Waals surface area contributed by atoms with Crippen LogP contribution in [-0.4, -0.2) is 16.2 Å². The molecule has 0 aliphatic heterocycles. The molecule has 1 heterocycles. The molecule has 0 aliphatic carbocycles. The van der Waals surface area contributed by atoms with Gasteiger partial charge in [-0.25, -0.2) is 0 Å². The quantitative estimate of drug-likeness (QED) is 0.801. The molecule has 0 aliphatic rings. The first kappa shape index (κ1) is 11.0. The Morgan fingerprint density at radius 3 is 2.43 bits per heavy atom. The van der Waals surface area contributed by atoms with E-state index in [4.69, 9.17) is 5.11 Å². The van der Waals surface area contributed by atoms with Crippen LogP contribution in [0.4, 0.5) is 13.2 Å². The Morgan fingerprint density at radius 1 is 1.43 bits per heavy atom.